The molecule has 1 fully saturated rings. The molecule has 0 spiro atoms. The lowest BCUT2D eigenvalue weighted by atomic mass is 9.86. The topological polar surface area (TPSA) is 81.7 Å². The van der Waals surface area contributed by atoms with E-state index in [1.165, 1.54) is 57.8 Å². The zero-order valence-corrected chi connectivity index (χ0v) is 19.9. The Morgan fingerprint density at radius 3 is 2.13 bits per heavy atom. The van der Waals surface area contributed by atoms with Crippen molar-refractivity contribution < 1.29 is 23.9 Å². The Morgan fingerprint density at radius 2 is 1.55 bits per heavy atom. The van der Waals surface area contributed by atoms with E-state index >= 15 is 0 Å². The molecule has 0 radical (unpaired) electrons. The van der Waals surface area contributed by atoms with Crippen molar-refractivity contribution in [2.24, 2.45) is 5.92 Å². The molecule has 1 heterocycles. The summed E-state index contributed by atoms with van der Waals surface area (Å²) in [7, 11) is 0. The fourth-order valence-corrected chi connectivity index (χ4v) is 4.22. The number of carbonyl (C=O) groups is 3. The van der Waals surface area contributed by atoms with Gasteiger partial charge in [0.05, 0.1) is 5.92 Å². The molecule has 0 aromatic rings. The van der Waals surface area contributed by atoms with Crippen LogP contribution in [0.1, 0.15) is 117 Å². The maximum atomic E-state index is 12.0. The Hall–Kier alpha value is -1.59. The highest BCUT2D eigenvalue weighted by Crippen LogP contribution is 2.32. The Kier molecular flexibility index (Phi) is 16.0. The van der Waals surface area contributed by atoms with Crippen molar-refractivity contribution >= 4 is 18.3 Å². The van der Waals surface area contributed by atoms with Gasteiger partial charge in [0.1, 0.15) is 18.8 Å². The van der Waals surface area contributed by atoms with Crippen LogP contribution in [0.3, 0.4) is 0 Å². The number of ether oxygens (including phenoxy) is 2. The molecule has 3 unspecified atom stereocenters. The summed E-state index contributed by atoms with van der Waals surface area (Å²) < 4.78 is 11.0. The third-order valence-corrected chi connectivity index (χ3v) is 6.14. The third kappa shape index (κ3) is 12.8. The molecule has 0 saturated carbocycles. The monoisotopic (exact) mass is 439 g/mol. The van der Waals surface area contributed by atoms with Crippen molar-refractivity contribution in [1.29, 1.82) is 0 Å². The third-order valence-electron chi connectivity index (χ3n) is 6.14. The average molecular weight is 440 g/mol. The highest BCUT2D eigenvalue weighted by molar-refractivity contribution is 5.78. The maximum Gasteiger partial charge on any atom is 0.325 e. The summed E-state index contributed by atoms with van der Waals surface area (Å²) in [5.41, 5.74) is 0. The van der Waals surface area contributed by atoms with Crippen LogP contribution in [0.4, 0.5) is 0 Å². The number of cyclic esters (lactones) is 1. The van der Waals surface area contributed by atoms with Crippen molar-refractivity contribution in [3.8, 4) is 0 Å². The van der Waals surface area contributed by atoms with Gasteiger partial charge in [-0.25, -0.2) is 0 Å². The number of carbonyl (C=O) groups excluding carboxylic acids is 3. The van der Waals surface area contributed by atoms with E-state index in [9.17, 15) is 14.4 Å². The van der Waals surface area contributed by atoms with Gasteiger partial charge in [0.25, 0.3) is 0 Å². The van der Waals surface area contributed by atoms with Crippen molar-refractivity contribution in [2.45, 2.75) is 129 Å². The van der Waals surface area contributed by atoms with Gasteiger partial charge in [-0.2, -0.15) is 0 Å². The van der Waals surface area contributed by atoms with Crippen molar-refractivity contribution in [2.75, 3.05) is 6.54 Å². The molecule has 1 aliphatic heterocycles. The van der Waals surface area contributed by atoms with Crippen LogP contribution in [-0.4, -0.2) is 37.1 Å². The van der Waals surface area contributed by atoms with Crippen LogP contribution >= 0.6 is 0 Å². The minimum atomic E-state index is -0.434. The summed E-state index contributed by atoms with van der Waals surface area (Å²) in [6.45, 7) is 4.29. The second-order valence-electron chi connectivity index (χ2n) is 8.89. The molecule has 0 aromatic heterocycles. The molecule has 1 saturated heterocycles. The molecule has 1 aliphatic rings. The predicted octanol–water partition coefficient (Wildman–Crippen LogP) is 5.47. The van der Waals surface area contributed by atoms with E-state index in [4.69, 9.17) is 9.47 Å². The fraction of sp³-hybridized carbons (Fsp3) is 0.880. The van der Waals surface area contributed by atoms with Gasteiger partial charge in [-0.1, -0.05) is 90.9 Å². The predicted molar refractivity (Wildman–Crippen MR) is 123 cm³/mol. The second kappa shape index (κ2) is 18.0. The SMILES string of the molecule is CCCCCCCCCCC1C(=O)OC1CC(CCCCCCC)OC(=O)CNC=O. The Morgan fingerprint density at radius 1 is 0.968 bits per heavy atom. The van der Waals surface area contributed by atoms with Crippen molar-refractivity contribution in [3.63, 3.8) is 0 Å². The molecular formula is C25H45NO5. The minimum absolute atomic E-state index is 0.0607. The first-order valence-electron chi connectivity index (χ1n) is 12.7. The summed E-state index contributed by atoms with van der Waals surface area (Å²) in [5, 5.41) is 2.35. The van der Waals surface area contributed by atoms with E-state index in [2.05, 4.69) is 19.2 Å². The van der Waals surface area contributed by atoms with Gasteiger partial charge in [0, 0.05) is 6.42 Å². The van der Waals surface area contributed by atoms with E-state index in [1.54, 1.807) is 0 Å². The van der Waals surface area contributed by atoms with Crippen LogP contribution < -0.4 is 5.32 Å². The summed E-state index contributed by atoms with van der Waals surface area (Å²) in [6.07, 6.45) is 17.9. The molecule has 0 aliphatic carbocycles. The summed E-state index contributed by atoms with van der Waals surface area (Å²) in [5.74, 6) is -0.603. The lowest BCUT2D eigenvalue weighted by molar-refractivity contribution is -0.190. The lowest BCUT2D eigenvalue weighted by Crippen LogP contribution is -2.47. The van der Waals surface area contributed by atoms with Gasteiger partial charge >= 0.3 is 11.9 Å². The van der Waals surface area contributed by atoms with Crippen LogP contribution in [-0.2, 0) is 23.9 Å². The number of esters is 2. The quantitative estimate of drug-likeness (QED) is 0.146. The first kappa shape index (κ1) is 27.4. The van der Waals surface area contributed by atoms with Gasteiger partial charge in [-0.3, -0.25) is 14.4 Å². The summed E-state index contributed by atoms with van der Waals surface area (Å²) in [6, 6.07) is 0. The van der Waals surface area contributed by atoms with Gasteiger partial charge in [0.15, 0.2) is 0 Å². The van der Waals surface area contributed by atoms with E-state index in [0.717, 1.165) is 38.5 Å². The fourth-order valence-electron chi connectivity index (χ4n) is 4.22. The molecule has 31 heavy (non-hydrogen) atoms. The minimum Gasteiger partial charge on any atom is -0.461 e. The first-order chi connectivity index (χ1) is 15.1. The Balaban J connectivity index is 2.36. The number of rotatable bonds is 21. The number of unbranched alkanes of at least 4 members (excludes halogenated alkanes) is 11. The molecule has 6 nitrogen and oxygen atoms in total. The summed E-state index contributed by atoms with van der Waals surface area (Å²) in [4.78, 5) is 34.4. The first-order valence-corrected chi connectivity index (χ1v) is 12.7. The standard InChI is InChI=1S/C25H45NO5/c1-3-5-7-9-10-11-13-15-17-22-23(31-25(22)29)18-21(16-14-12-8-6-4-2)30-24(28)19-26-20-27/h20-23H,3-19H2,1-2H3,(H,26,27). The summed E-state index contributed by atoms with van der Waals surface area (Å²) >= 11 is 0. The van der Waals surface area contributed by atoms with Crippen LogP contribution in [0.2, 0.25) is 0 Å². The molecular weight excluding hydrogens is 394 g/mol. The number of nitrogens with one attached hydrogen (secondary N) is 1. The van der Waals surface area contributed by atoms with Gasteiger partial charge in [-0.15, -0.1) is 0 Å². The molecule has 180 valence electrons. The molecule has 0 aromatic carbocycles. The lowest BCUT2D eigenvalue weighted by Gasteiger charge is -2.37. The van der Waals surface area contributed by atoms with Gasteiger partial charge in [0.2, 0.25) is 6.41 Å². The van der Waals surface area contributed by atoms with Crippen LogP contribution in [0.25, 0.3) is 0 Å². The molecule has 0 bridgehead atoms. The molecule has 1 amide bonds. The Bertz CT molecular complexity index is 496. The number of amides is 1. The van der Waals surface area contributed by atoms with E-state index in [1.807, 2.05) is 0 Å². The van der Waals surface area contributed by atoms with E-state index < -0.39 is 5.97 Å². The van der Waals surface area contributed by atoms with E-state index in [-0.39, 0.29) is 30.6 Å². The van der Waals surface area contributed by atoms with Gasteiger partial charge in [-0.05, 0) is 19.3 Å². The molecule has 6 heteroatoms. The van der Waals surface area contributed by atoms with Crippen LogP contribution in [0, 0.1) is 5.92 Å². The van der Waals surface area contributed by atoms with Crippen LogP contribution in [0.5, 0.6) is 0 Å². The highest BCUT2D eigenvalue weighted by atomic mass is 16.6. The molecule has 3 atom stereocenters. The van der Waals surface area contributed by atoms with E-state index in [0.29, 0.717) is 12.8 Å². The number of hydrogen-bond donors (Lipinski definition) is 1. The zero-order chi connectivity index (χ0) is 22.7. The van der Waals surface area contributed by atoms with Gasteiger partial charge < -0.3 is 14.8 Å². The molecule has 1 rings (SSSR count). The maximum absolute atomic E-state index is 12.0. The smallest absolute Gasteiger partial charge is 0.325 e. The molecule has 1 N–H and O–H groups in total. The normalized spacial score (nSPS) is 18.7. The second-order valence-corrected chi connectivity index (χ2v) is 8.89. The van der Waals surface area contributed by atoms with Crippen LogP contribution in [0.15, 0.2) is 0 Å². The highest BCUT2D eigenvalue weighted by Gasteiger charge is 2.43. The van der Waals surface area contributed by atoms with Crippen molar-refractivity contribution in [1.82, 2.24) is 5.32 Å². The van der Waals surface area contributed by atoms with Crippen molar-refractivity contribution in [3.05, 3.63) is 0 Å². The number of hydrogen-bond acceptors (Lipinski definition) is 5. The largest absolute Gasteiger partial charge is 0.461 e. The zero-order valence-electron chi connectivity index (χ0n) is 19.9. The average Bonchev–Trinajstić information content (AvgIpc) is 2.75. The Labute approximate surface area is 189 Å².